The molecule has 2 aromatic heterocycles. The van der Waals surface area contributed by atoms with Gasteiger partial charge in [-0.25, -0.2) is 4.98 Å². The maximum atomic E-state index is 10.5. The first kappa shape index (κ1) is 8.18. The summed E-state index contributed by atoms with van der Waals surface area (Å²) in [6.45, 7) is 0. The molecule has 0 radical (unpaired) electrons. The first-order valence-corrected chi connectivity index (χ1v) is 4.19. The van der Waals surface area contributed by atoms with Gasteiger partial charge in [0.2, 0.25) is 0 Å². The van der Waals surface area contributed by atoms with E-state index in [1.807, 2.05) is 0 Å². The normalized spacial score (nSPS) is 10.5. The molecule has 0 saturated carbocycles. The summed E-state index contributed by atoms with van der Waals surface area (Å²) in [4.78, 5) is 17.8. The van der Waals surface area contributed by atoms with Crippen LogP contribution in [0.4, 0.5) is 5.69 Å². The molecule has 66 valence electrons. The largest absolute Gasteiger partial charge is 0.657 e. The predicted molar refractivity (Wildman–Crippen MR) is 49.4 cm³/mol. The zero-order valence-corrected chi connectivity index (χ0v) is 7.85. The number of halogens is 1. The van der Waals surface area contributed by atoms with Crippen molar-refractivity contribution in [1.29, 1.82) is 0 Å². The molecule has 6 heteroatoms. The molecule has 0 unspecified atom stereocenters. The second-order valence-corrected chi connectivity index (χ2v) is 3.34. The van der Waals surface area contributed by atoms with Crippen molar-refractivity contribution >= 4 is 32.7 Å². The van der Waals surface area contributed by atoms with Gasteiger partial charge >= 0.3 is 0 Å². The number of hydrogen-bond acceptors (Lipinski definition) is 3. The van der Waals surface area contributed by atoms with Crippen LogP contribution in [-0.4, -0.2) is 9.91 Å². The molecule has 0 atom stereocenters. The van der Waals surface area contributed by atoms with E-state index in [1.54, 1.807) is 6.07 Å². The lowest BCUT2D eigenvalue weighted by molar-refractivity contribution is -0.383. The van der Waals surface area contributed by atoms with E-state index < -0.39 is 4.92 Å². The van der Waals surface area contributed by atoms with Gasteiger partial charge in [-0.05, 0) is 15.9 Å². The molecule has 5 nitrogen and oxygen atoms in total. The van der Waals surface area contributed by atoms with Crippen LogP contribution in [-0.2, 0) is 0 Å². The van der Waals surface area contributed by atoms with E-state index in [9.17, 15) is 10.1 Å². The highest BCUT2D eigenvalue weighted by atomic mass is 79.9. The molecule has 0 fully saturated rings. The summed E-state index contributed by atoms with van der Waals surface area (Å²) >= 11 is 3.21. The zero-order valence-electron chi connectivity index (χ0n) is 6.27. The zero-order chi connectivity index (χ0) is 9.42. The second kappa shape index (κ2) is 2.81. The van der Waals surface area contributed by atoms with E-state index in [2.05, 4.69) is 25.9 Å². The Hall–Kier alpha value is -1.43. The maximum absolute atomic E-state index is 10.5. The van der Waals surface area contributed by atoms with Crippen LogP contribution in [0.2, 0.25) is 0 Å². The van der Waals surface area contributed by atoms with E-state index in [0.29, 0.717) is 11.0 Å². The number of nitrogens with zero attached hydrogens (tertiary/aromatic N) is 3. The van der Waals surface area contributed by atoms with Crippen LogP contribution in [0.25, 0.3) is 11.0 Å². The molecule has 0 aromatic carbocycles. The molecule has 2 rings (SSSR count). The topological polar surface area (TPSA) is 70.1 Å². The van der Waals surface area contributed by atoms with Gasteiger partial charge in [-0.3, -0.25) is 10.1 Å². The van der Waals surface area contributed by atoms with Gasteiger partial charge < -0.3 is 4.98 Å². The summed E-state index contributed by atoms with van der Waals surface area (Å²) < 4.78 is 0.757. The molecule has 0 spiro atoms. The summed E-state index contributed by atoms with van der Waals surface area (Å²) in [5, 5.41) is 10.5. The van der Waals surface area contributed by atoms with Gasteiger partial charge in [0.15, 0.2) is 0 Å². The fraction of sp³-hybridized carbons (Fsp3) is 0. The first-order chi connectivity index (χ1) is 6.18. The minimum absolute atomic E-state index is 0.0532. The summed E-state index contributed by atoms with van der Waals surface area (Å²) in [6.07, 6.45) is 2.72. The Morgan fingerprint density at radius 3 is 3.08 bits per heavy atom. The van der Waals surface area contributed by atoms with Gasteiger partial charge in [0.25, 0.3) is 5.69 Å². The lowest BCUT2D eigenvalue weighted by Gasteiger charge is -1.96. The van der Waals surface area contributed by atoms with Crippen molar-refractivity contribution in [3.63, 3.8) is 0 Å². The smallest absolute Gasteiger partial charge is 0.272 e. The molecule has 2 heterocycles. The van der Waals surface area contributed by atoms with Crippen LogP contribution in [0, 0.1) is 10.1 Å². The quantitative estimate of drug-likeness (QED) is 0.564. The van der Waals surface area contributed by atoms with Crippen LogP contribution < -0.4 is 4.98 Å². The third kappa shape index (κ3) is 1.29. The molecule has 0 aliphatic rings. The number of nitro groups is 1. The van der Waals surface area contributed by atoms with Crippen molar-refractivity contribution in [3.05, 3.63) is 33.0 Å². The van der Waals surface area contributed by atoms with Crippen molar-refractivity contribution in [1.82, 2.24) is 9.97 Å². The van der Waals surface area contributed by atoms with E-state index in [1.165, 1.54) is 12.4 Å². The molecule has 0 aliphatic carbocycles. The van der Waals surface area contributed by atoms with Crippen LogP contribution in [0.3, 0.4) is 0 Å². The molecule has 0 saturated heterocycles. The van der Waals surface area contributed by atoms with Crippen molar-refractivity contribution < 1.29 is 4.92 Å². The van der Waals surface area contributed by atoms with Crippen molar-refractivity contribution in [2.75, 3.05) is 0 Å². The Morgan fingerprint density at radius 1 is 1.62 bits per heavy atom. The average Bonchev–Trinajstić information content (AvgIpc) is 2.46. The van der Waals surface area contributed by atoms with Gasteiger partial charge in [0, 0.05) is 10.7 Å². The Morgan fingerprint density at radius 2 is 2.38 bits per heavy atom. The number of rotatable bonds is 1. The third-order valence-corrected chi connectivity index (χ3v) is 2.03. The van der Waals surface area contributed by atoms with Gasteiger partial charge in [-0.2, -0.15) is 0 Å². The SMILES string of the molecule is O=[N+]([O-])c1c[n-]c2cc(Br)cnc12. The fourth-order valence-electron chi connectivity index (χ4n) is 1.05. The third-order valence-electron chi connectivity index (χ3n) is 1.60. The highest BCUT2D eigenvalue weighted by Crippen LogP contribution is 2.23. The van der Waals surface area contributed by atoms with Crippen LogP contribution in [0.5, 0.6) is 0 Å². The molecular weight excluding hydrogens is 238 g/mol. The summed E-state index contributed by atoms with van der Waals surface area (Å²) in [6, 6.07) is 1.69. The predicted octanol–water partition coefficient (Wildman–Crippen LogP) is 1.86. The molecule has 0 amide bonds. The summed E-state index contributed by atoms with van der Waals surface area (Å²) in [7, 11) is 0. The highest BCUT2D eigenvalue weighted by Gasteiger charge is 2.08. The molecular formula is C7H3BrN3O2-. The van der Waals surface area contributed by atoms with Crippen molar-refractivity contribution in [2.45, 2.75) is 0 Å². The summed E-state index contributed by atoms with van der Waals surface area (Å²) in [5.41, 5.74) is 0.803. The Bertz CT molecular complexity index is 480. The van der Waals surface area contributed by atoms with E-state index in [0.717, 1.165) is 4.47 Å². The van der Waals surface area contributed by atoms with Crippen molar-refractivity contribution in [3.8, 4) is 0 Å². The molecule has 0 aliphatic heterocycles. The monoisotopic (exact) mass is 240 g/mol. The number of aromatic nitrogens is 2. The maximum Gasteiger partial charge on any atom is 0.272 e. The minimum atomic E-state index is -0.490. The lowest BCUT2D eigenvalue weighted by atomic mass is 10.4. The van der Waals surface area contributed by atoms with Gasteiger partial charge in [0.1, 0.15) is 5.52 Å². The molecule has 13 heavy (non-hydrogen) atoms. The highest BCUT2D eigenvalue weighted by molar-refractivity contribution is 9.10. The number of hydrogen-bond donors (Lipinski definition) is 0. The second-order valence-electron chi connectivity index (χ2n) is 2.42. The average molecular weight is 241 g/mol. The fourth-order valence-corrected chi connectivity index (χ4v) is 1.37. The van der Waals surface area contributed by atoms with Crippen LogP contribution in [0.15, 0.2) is 22.9 Å². The van der Waals surface area contributed by atoms with Crippen molar-refractivity contribution in [2.24, 2.45) is 0 Å². The van der Waals surface area contributed by atoms with Crippen LogP contribution in [0.1, 0.15) is 0 Å². The van der Waals surface area contributed by atoms with E-state index in [-0.39, 0.29) is 5.69 Å². The Kier molecular flexibility index (Phi) is 1.77. The van der Waals surface area contributed by atoms with Gasteiger partial charge in [0.05, 0.1) is 4.92 Å². The number of fused-ring (bicyclic) bond motifs is 1. The standard InChI is InChI=1S/C7H3BrN3O2/c8-4-1-5-7(10-2-4)6(3-9-5)11(12)13/h1-3H/q-1. The minimum Gasteiger partial charge on any atom is -0.657 e. The lowest BCUT2D eigenvalue weighted by Crippen LogP contribution is -1.86. The Labute approximate surface area is 81.1 Å². The Balaban J connectivity index is 2.76. The van der Waals surface area contributed by atoms with Gasteiger partial charge in [-0.1, -0.05) is 12.3 Å². The molecule has 2 aromatic rings. The van der Waals surface area contributed by atoms with E-state index >= 15 is 0 Å². The van der Waals surface area contributed by atoms with E-state index in [4.69, 9.17) is 0 Å². The van der Waals surface area contributed by atoms with Crippen LogP contribution >= 0.6 is 15.9 Å². The number of pyridine rings is 1. The first-order valence-electron chi connectivity index (χ1n) is 3.40. The molecule has 0 N–H and O–H groups in total. The molecule has 0 bridgehead atoms. The summed E-state index contributed by atoms with van der Waals surface area (Å²) in [5.74, 6) is 0. The van der Waals surface area contributed by atoms with Gasteiger partial charge in [-0.15, -0.1) is 5.52 Å².